The van der Waals surface area contributed by atoms with Crippen molar-refractivity contribution < 1.29 is 19.2 Å². The molecule has 0 bridgehead atoms. The summed E-state index contributed by atoms with van der Waals surface area (Å²) in [7, 11) is 0. The van der Waals surface area contributed by atoms with Gasteiger partial charge in [-0.15, -0.1) is 0 Å². The largest absolute Gasteiger partial charge is 0.465 e. The highest BCUT2D eigenvalue weighted by molar-refractivity contribution is 6.40. The normalized spacial score (nSPS) is 10.3. The van der Waals surface area contributed by atoms with Gasteiger partial charge in [0.25, 0.3) is 5.69 Å². The van der Waals surface area contributed by atoms with Gasteiger partial charge in [-0.3, -0.25) is 14.9 Å². The fourth-order valence-electron chi connectivity index (χ4n) is 2.00. The molecule has 0 aliphatic heterocycles. The number of nitro benzene ring substituents is 1. The van der Waals surface area contributed by atoms with Crippen LogP contribution in [-0.2, 0) is 9.53 Å². The lowest BCUT2D eigenvalue weighted by atomic mass is 10.2. The van der Waals surface area contributed by atoms with E-state index in [1.165, 1.54) is 30.3 Å². The second-order valence-electron chi connectivity index (χ2n) is 4.90. The highest BCUT2D eigenvalue weighted by Crippen LogP contribution is 2.40. The molecule has 0 aliphatic carbocycles. The zero-order chi connectivity index (χ0) is 19.3. The van der Waals surface area contributed by atoms with Gasteiger partial charge >= 0.3 is 5.97 Å². The summed E-state index contributed by atoms with van der Waals surface area (Å²) >= 11 is 18.0. The van der Waals surface area contributed by atoms with Gasteiger partial charge in [0.05, 0.1) is 21.6 Å². The van der Waals surface area contributed by atoms with Gasteiger partial charge in [-0.1, -0.05) is 34.8 Å². The van der Waals surface area contributed by atoms with Crippen LogP contribution in [0.25, 0.3) is 0 Å². The highest BCUT2D eigenvalue weighted by Gasteiger charge is 2.17. The van der Waals surface area contributed by atoms with Crippen LogP contribution in [0.3, 0.4) is 0 Å². The monoisotopic (exact) mass is 418 g/mol. The molecule has 0 amide bonds. The molecular formula is C16H13Cl3N2O5. The third-order valence-corrected chi connectivity index (χ3v) is 3.86. The Morgan fingerprint density at radius 3 is 2.42 bits per heavy atom. The molecule has 2 aromatic rings. The molecule has 2 aromatic carbocycles. The summed E-state index contributed by atoms with van der Waals surface area (Å²) in [5, 5.41) is 14.5. The van der Waals surface area contributed by atoms with E-state index in [0.29, 0.717) is 5.02 Å². The first-order valence-corrected chi connectivity index (χ1v) is 8.45. The van der Waals surface area contributed by atoms with E-state index in [0.717, 1.165) is 0 Å². The first-order valence-electron chi connectivity index (χ1n) is 7.32. The van der Waals surface area contributed by atoms with Crippen molar-refractivity contribution in [2.75, 3.05) is 18.5 Å². The van der Waals surface area contributed by atoms with Crippen LogP contribution in [0.4, 0.5) is 11.4 Å². The molecule has 1 N–H and O–H groups in total. The molecule has 0 aromatic heterocycles. The molecule has 0 aliphatic rings. The van der Waals surface area contributed by atoms with Crippen LogP contribution < -0.4 is 10.1 Å². The van der Waals surface area contributed by atoms with Crippen LogP contribution in [0, 0.1) is 10.1 Å². The Balaban J connectivity index is 2.29. The third-order valence-electron chi connectivity index (χ3n) is 3.08. The summed E-state index contributed by atoms with van der Waals surface area (Å²) < 4.78 is 10.4. The van der Waals surface area contributed by atoms with E-state index in [-0.39, 0.29) is 46.1 Å². The van der Waals surface area contributed by atoms with Crippen molar-refractivity contribution in [1.29, 1.82) is 0 Å². The second-order valence-corrected chi connectivity index (χ2v) is 6.15. The molecule has 0 radical (unpaired) electrons. The maximum Gasteiger partial charge on any atom is 0.325 e. The number of esters is 1. The molecule has 0 atom stereocenters. The highest BCUT2D eigenvalue weighted by atomic mass is 35.5. The number of hydrogen-bond donors (Lipinski definition) is 1. The minimum Gasteiger partial charge on any atom is -0.465 e. The Labute approximate surface area is 163 Å². The van der Waals surface area contributed by atoms with Crippen molar-refractivity contribution in [3.8, 4) is 11.5 Å². The van der Waals surface area contributed by atoms with Crippen molar-refractivity contribution in [1.82, 2.24) is 0 Å². The maximum absolute atomic E-state index is 11.5. The molecule has 0 unspecified atom stereocenters. The van der Waals surface area contributed by atoms with Crippen LogP contribution in [0.15, 0.2) is 30.3 Å². The molecular weight excluding hydrogens is 407 g/mol. The van der Waals surface area contributed by atoms with Crippen molar-refractivity contribution in [3.05, 3.63) is 55.5 Å². The lowest BCUT2D eigenvalue weighted by Gasteiger charge is -2.12. The van der Waals surface area contributed by atoms with Gasteiger partial charge < -0.3 is 14.8 Å². The van der Waals surface area contributed by atoms with Crippen LogP contribution in [0.5, 0.6) is 11.5 Å². The smallest absolute Gasteiger partial charge is 0.325 e. The molecule has 0 fully saturated rings. The number of hydrogen-bond acceptors (Lipinski definition) is 6. The Bertz CT molecular complexity index is 822. The van der Waals surface area contributed by atoms with Crippen LogP contribution in [0.2, 0.25) is 15.1 Å². The second kappa shape index (κ2) is 8.93. The number of benzene rings is 2. The van der Waals surface area contributed by atoms with E-state index >= 15 is 0 Å². The fourth-order valence-corrected chi connectivity index (χ4v) is 2.90. The Kier molecular flexibility index (Phi) is 6.90. The van der Waals surface area contributed by atoms with Gasteiger partial charge in [-0.05, 0) is 25.1 Å². The standard InChI is InChI=1S/C16H13Cl3N2O5/c1-2-25-15(22)8-20-13-7-10(3-4-14(13)21(23)24)26-16-11(18)5-9(17)6-12(16)19/h3-7,20H,2,8H2,1H3. The predicted molar refractivity (Wildman–Crippen MR) is 99.8 cm³/mol. The minimum absolute atomic E-state index is 0.0850. The summed E-state index contributed by atoms with van der Waals surface area (Å²) in [5.41, 5.74) is -0.142. The Morgan fingerprint density at radius 2 is 1.85 bits per heavy atom. The van der Waals surface area contributed by atoms with Gasteiger partial charge in [0.15, 0.2) is 5.75 Å². The van der Waals surface area contributed by atoms with Gasteiger partial charge in [-0.25, -0.2) is 0 Å². The molecule has 0 saturated carbocycles. The van der Waals surface area contributed by atoms with E-state index in [1.54, 1.807) is 6.92 Å². The Hall–Kier alpha value is -2.22. The lowest BCUT2D eigenvalue weighted by molar-refractivity contribution is -0.384. The number of anilines is 1. The number of carbonyl (C=O) groups excluding carboxylic acids is 1. The SMILES string of the molecule is CCOC(=O)CNc1cc(Oc2c(Cl)cc(Cl)cc2Cl)ccc1[N+](=O)[O-]. The molecule has 138 valence electrons. The first kappa shape index (κ1) is 20.1. The summed E-state index contributed by atoms with van der Waals surface area (Å²) in [6, 6.07) is 6.89. The molecule has 0 heterocycles. The van der Waals surface area contributed by atoms with Crippen molar-refractivity contribution in [3.63, 3.8) is 0 Å². The van der Waals surface area contributed by atoms with Gasteiger partial charge in [-0.2, -0.15) is 0 Å². The maximum atomic E-state index is 11.5. The number of nitrogens with zero attached hydrogens (tertiary/aromatic N) is 1. The van der Waals surface area contributed by atoms with E-state index in [1.807, 2.05) is 0 Å². The third kappa shape index (κ3) is 5.14. The number of ether oxygens (including phenoxy) is 2. The molecule has 10 heteroatoms. The summed E-state index contributed by atoms with van der Waals surface area (Å²) in [6.07, 6.45) is 0. The number of carbonyl (C=O) groups is 1. The quantitative estimate of drug-likeness (QED) is 0.371. The van der Waals surface area contributed by atoms with E-state index in [9.17, 15) is 14.9 Å². The van der Waals surface area contributed by atoms with Crippen LogP contribution in [0.1, 0.15) is 6.92 Å². The van der Waals surface area contributed by atoms with E-state index < -0.39 is 10.9 Å². The number of nitro groups is 1. The van der Waals surface area contributed by atoms with Crippen LogP contribution >= 0.6 is 34.8 Å². The van der Waals surface area contributed by atoms with Gasteiger partial charge in [0.2, 0.25) is 0 Å². The topological polar surface area (TPSA) is 90.7 Å². The molecule has 0 saturated heterocycles. The van der Waals surface area contributed by atoms with Crippen LogP contribution in [-0.4, -0.2) is 24.0 Å². The summed E-state index contributed by atoms with van der Waals surface area (Å²) in [4.78, 5) is 22.0. The van der Waals surface area contributed by atoms with E-state index in [2.05, 4.69) is 5.32 Å². The van der Waals surface area contributed by atoms with Gasteiger partial charge in [0, 0.05) is 17.2 Å². The molecule has 7 nitrogen and oxygen atoms in total. The van der Waals surface area contributed by atoms with Crippen molar-refractivity contribution >= 4 is 52.1 Å². The fraction of sp³-hybridized carbons (Fsp3) is 0.188. The average molecular weight is 420 g/mol. The summed E-state index contributed by atoms with van der Waals surface area (Å²) in [6.45, 7) is 1.63. The first-order chi connectivity index (χ1) is 12.3. The zero-order valence-corrected chi connectivity index (χ0v) is 15.7. The predicted octanol–water partition coefficient (Wildman–Crippen LogP) is 5.32. The number of rotatable bonds is 7. The van der Waals surface area contributed by atoms with Crippen molar-refractivity contribution in [2.45, 2.75) is 6.92 Å². The Morgan fingerprint density at radius 1 is 1.19 bits per heavy atom. The molecule has 26 heavy (non-hydrogen) atoms. The lowest BCUT2D eigenvalue weighted by Crippen LogP contribution is -2.17. The molecule has 2 rings (SSSR count). The average Bonchev–Trinajstić information content (AvgIpc) is 2.56. The summed E-state index contributed by atoms with van der Waals surface area (Å²) in [5.74, 6) is -0.159. The minimum atomic E-state index is -0.584. The zero-order valence-electron chi connectivity index (χ0n) is 13.4. The van der Waals surface area contributed by atoms with E-state index in [4.69, 9.17) is 44.3 Å². The molecule has 0 spiro atoms. The van der Waals surface area contributed by atoms with Crippen molar-refractivity contribution in [2.24, 2.45) is 0 Å². The number of halogens is 3. The number of nitrogens with one attached hydrogen (secondary N) is 1. The van der Waals surface area contributed by atoms with Gasteiger partial charge in [0.1, 0.15) is 18.0 Å².